The highest BCUT2D eigenvalue weighted by Gasteiger charge is 2.45. The Hall–Kier alpha value is -6.33. The SMILES string of the molecule is CC[C@H](C)[C@@H]1NC(=O)[C@@H]2CCCN2C(=O)[C@H](Cc2ccccc2)N(C)C(=O)[C@H](Cc2ccccc2)NC(=O)[C@H](C(C)C)N(C)C(=O)[C@@H]([C@@H](C)CC)OC(=O)C(C(C)C)N(C)C(=O)[C@H](CC(C)C)NC(=O)[C@H](C(C)C)NC1=O. The lowest BCUT2D eigenvalue weighted by molar-refractivity contribution is -0.172. The summed E-state index contributed by atoms with van der Waals surface area (Å²) < 4.78 is 6.17. The van der Waals surface area contributed by atoms with Crippen LogP contribution in [0.2, 0.25) is 0 Å². The number of amides is 8. The maximum Gasteiger partial charge on any atom is 0.329 e. The molecular formula is C59H90N8O10. The van der Waals surface area contributed by atoms with Crippen molar-refractivity contribution in [3.8, 4) is 0 Å². The standard InChI is InChI=1S/C59H90N8O10/c1-16-38(11)47-53(70)62-46(35(5)6)52(69)60-42(31-34(3)4)56(73)66(15)49(37(9)10)59(76)77-50(39(12)17-2)58(75)65(14)48(36(7)8)54(71)61-43(32-40-25-20-18-21-26-40)55(72)64(13)45(33-41-27-22-19-23-28-41)57(74)67-30-24-29-44(67)51(68)63-47/h18-23,25-28,34-39,42-50H,16-17,24,29-33H2,1-15H3,(H,60,69)(H,61,71)(H,62,70)(H,63,68)/t38-,39-,42-,43-,44-,45-,46-,47-,48-,49?,50+/m0/s1. The molecule has 2 aliphatic rings. The van der Waals surface area contributed by atoms with Crippen LogP contribution in [-0.4, -0.2) is 155 Å². The van der Waals surface area contributed by atoms with Gasteiger partial charge in [-0.2, -0.15) is 0 Å². The molecule has 0 aromatic heterocycles. The van der Waals surface area contributed by atoms with Crippen LogP contribution in [0.25, 0.3) is 0 Å². The number of likely N-dealkylation sites (N-methyl/N-ethyl adjacent to an activating group) is 3. The van der Waals surface area contributed by atoms with Gasteiger partial charge in [0.25, 0.3) is 5.91 Å². The van der Waals surface area contributed by atoms with E-state index in [-0.39, 0.29) is 38.1 Å². The van der Waals surface area contributed by atoms with E-state index in [1.165, 1.54) is 40.7 Å². The Bertz CT molecular complexity index is 2350. The minimum absolute atomic E-state index is 0.0189. The molecule has 11 atom stereocenters. The van der Waals surface area contributed by atoms with Crippen molar-refractivity contribution in [3.05, 3.63) is 71.8 Å². The summed E-state index contributed by atoms with van der Waals surface area (Å²) in [4.78, 5) is 138. The quantitative estimate of drug-likeness (QED) is 0.198. The molecule has 2 saturated heterocycles. The lowest BCUT2D eigenvalue weighted by Crippen LogP contribution is -2.62. The van der Waals surface area contributed by atoms with E-state index in [1.807, 2.05) is 88.4 Å². The number of ether oxygens (including phenoxy) is 1. The van der Waals surface area contributed by atoms with Crippen LogP contribution in [0.3, 0.4) is 0 Å². The van der Waals surface area contributed by atoms with Crippen LogP contribution in [0.4, 0.5) is 0 Å². The number of benzene rings is 2. The highest BCUT2D eigenvalue weighted by Crippen LogP contribution is 2.26. The van der Waals surface area contributed by atoms with Gasteiger partial charge in [-0.1, -0.05) is 150 Å². The number of carbonyl (C=O) groups is 9. The molecule has 2 aromatic carbocycles. The van der Waals surface area contributed by atoms with Crippen LogP contribution in [-0.2, 0) is 60.7 Å². The fourth-order valence-electron chi connectivity index (χ4n) is 10.5. The number of carbonyl (C=O) groups excluding carboxylic acids is 9. The molecule has 4 N–H and O–H groups in total. The van der Waals surface area contributed by atoms with E-state index in [0.717, 1.165) is 5.56 Å². The fourth-order valence-corrected chi connectivity index (χ4v) is 10.5. The van der Waals surface area contributed by atoms with Gasteiger partial charge >= 0.3 is 5.97 Å². The summed E-state index contributed by atoms with van der Waals surface area (Å²) in [6.07, 6.45) is 0.468. The number of esters is 1. The van der Waals surface area contributed by atoms with Gasteiger partial charge in [-0.3, -0.25) is 38.4 Å². The first-order valence-electron chi connectivity index (χ1n) is 27.9. The van der Waals surface area contributed by atoms with Gasteiger partial charge in [-0.05, 0) is 66.4 Å². The summed E-state index contributed by atoms with van der Waals surface area (Å²) in [5.41, 5.74) is 1.45. The first-order chi connectivity index (χ1) is 36.2. The smallest absolute Gasteiger partial charge is 0.329 e. The molecule has 77 heavy (non-hydrogen) atoms. The number of hydrogen-bond donors (Lipinski definition) is 4. The number of hydrogen-bond acceptors (Lipinski definition) is 10. The monoisotopic (exact) mass is 1070 g/mol. The fraction of sp³-hybridized carbons (Fsp3) is 0.644. The van der Waals surface area contributed by atoms with Crippen molar-refractivity contribution in [2.24, 2.45) is 35.5 Å². The maximum absolute atomic E-state index is 15.2. The van der Waals surface area contributed by atoms with E-state index in [2.05, 4.69) is 21.3 Å². The van der Waals surface area contributed by atoms with E-state index in [4.69, 9.17) is 4.74 Å². The van der Waals surface area contributed by atoms with Crippen LogP contribution >= 0.6 is 0 Å². The Morgan fingerprint density at radius 2 is 1.01 bits per heavy atom. The Labute approximate surface area is 457 Å². The molecule has 2 heterocycles. The number of cyclic esters (lactones) is 1. The molecule has 0 spiro atoms. The zero-order valence-corrected chi connectivity index (χ0v) is 48.5. The lowest BCUT2D eigenvalue weighted by Gasteiger charge is -2.38. The third kappa shape index (κ3) is 16.4. The highest BCUT2D eigenvalue weighted by atomic mass is 16.6. The number of nitrogens with zero attached hydrogens (tertiary/aromatic N) is 4. The van der Waals surface area contributed by atoms with Crippen molar-refractivity contribution in [3.63, 3.8) is 0 Å². The highest BCUT2D eigenvalue weighted by molar-refractivity contribution is 5.99. The first-order valence-corrected chi connectivity index (χ1v) is 27.9. The van der Waals surface area contributed by atoms with Crippen molar-refractivity contribution in [1.82, 2.24) is 40.9 Å². The average Bonchev–Trinajstić information content (AvgIpc) is 3.89. The van der Waals surface area contributed by atoms with Crippen LogP contribution in [0.1, 0.15) is 126 Å². The van der Waals surface area contributed by atoms with Gasteiger partial charge in [-0.25, -0.2) is 4.79 Å². The lowest BCUT2D eigenvalue weighted by atomic mass is 9.95. The zero-order chi connectivity index (χ0) is 57.6. The second kappa shape index (κ2) is 28.9. The maximum atomic E-state index is 15.2. The molecule has 18 nitrogen and oxygen atoms in total. The van der Waals surface area contributed by atoms with E-state index < -0.39 is 137 Å². The van der Waals surface area contributed by atoms with Crippen molar-refractivity contribution >= 4 is 53.2 Å². The topological polar surface area (TPSA) is 224 Å². The molecule has 0 radical (unpaired) electrons. The molecule has 2 aliphatic heterocycles. The van der Waals surface area contributed by atoms with Gasteiger partial charge in [0.15, 0.2) is 6.10 Å². The minimum atomic E-state index is -1.40. The Morgan fingerprint density at radius 3 is 1.53 bits per heavy atom. The van der Waals surface area contributed by atoms with Gasteiger partial charge in [0, 0.05) is 46.4 Å². The predicted octanol–water partition coefficient (Wildman–Crippen LogP) is 4.91. The van der Waals surface area contributed by atoms with Crippen molar-refractivity contribution in [2.75, 3.05) is 27.7 Å². The molecule has 0 bridgehead atoms. The van der Waals surface area contributed by atoms with Crippen LogP contribution in [0.5, 0.6) is 0 Å². The molecule has 426 valence electrons. The van der Waals surface area contributed by atoms with Gasteiger partial charge in [0.1, 0.15) is 48.3 Å². The van der Waals surface area contributed by atoms with E-state index >= 15 is 9.59 Å². The summed E-state index contributed by atoms with van der Waals surface area (Å²) in [5.74, 6) is -8.35. The Kier molecular flexibility index (Phi) is 23.7. The summed E-state index contributed by atoms with van der Waals surface area (Å²) in [6, 6.07) is 8.99. The minimum Gasteiger partial charge on any atom is -0.450 e. The summed E-state index contributed by atoms with van der Waals surface area (Å²) in [7, 11) is 4.41. The van der Waals surface area contributed by atoms with E-state index in [1.54, 1.807) is 55.4 Å². The van der Waals surface area contributed by atoms with Gasteiger partial charge < -0.3 is 45.6 Å². The summed E-state index contributed by atoms with van der Waals surface area (Å²) in [6.45, 7) is 21.7. The predicted molar refractivity (Wildman–Crippen MR) is 295 cm³/mol. The van der Waals surface area contributed by atoms with Gasteiger partial charge in [-0.15, -0.1) is 0 Å². The summed E-state index contributed by atoms with van der Waals surface area (Å²) >= 11 is 0. The number of nitrogens with one attached hydrogen (secondary N) is 4. The van der Waals surface area contributed by atoms with Gasteiger partial charge in [0.05, 0.1) is 0 Å². The molecule has 4 rings (SSSR count). The molecular weight excluding hydrogens is 981 g/mol. The largest absolute Gasteiger partial charge is 0.450 e. The molecule has 1 unspecified atom stereocenters. The first kappa shape index (κ1) is 63.2. The van der Waals surface area contributed by atoms with Crippen LogP contribution in [0, 0.1) is 35.5 Å². The van der Waals surface area contributed by atoms with Crippen LogP contribution < -0.4 is 21.3 Å². The second-order valence-corrected chi connectivity index (χ2v) is 22.9. The molecule has 0 aliphatic carbocycles. The average molecular weight is 1070 g/mol. The molecule has 2 fully saturated rings. The van der Waals surface area contributed by atoms with E-state index in [9.17, 15) is 33.6 Å². The zero-order valence-electron chi connectivity index (χ0n) is 48.5. The third-order valence-electron chi connectivity index (χ3n) is 15.4. The Morgan fingerprint density at radius 1 is 0.519 bits per heavy atom. The third-order valence-corrected chi connectivity index (χ3v) is 15.4. The normalized spacial score (nSPS) is 26.6. The molecule has 0 saturated carbocycles. The number of rotatable bonds is 13. The van der Waals surface area contributed by atoms with E-state index in [0.29, 0.717) is 24.8 Å². The van der Waals surface area contributed by atoms with Crippen molar-refractivity contribution in [1.29, 1.82) is 0 Å². The molecule has 18 heteroatoms. The van der Waals surface area contributed by atoms with Crippen molar-refractivity contribution < 1.29 is 47.9 Å². The Balaban J connectivity index is 1.94. The van der Waals surface area contributed by atoms with Crippen molar-refractivity contribution in [2.45, 2.75) is 182 Å². The van der Waals surface area contributed by atoms with Gasteiger partial charge in [0.2, 0.25) is 41.4 Å². The summed E-state index contributed by atoms with van der Waals surface area (Å²) in [5, 5.41) is 11.7. The second-order valence-electron chi connectivity index (χ2n) is 22.9. The van der Waals surface area contributed by atoms with Crippen LogP contribution in [0.15, 0.2) is 60.7 Å². The molecule has 2 aromatic rings. The number of fused-ring (bicyclic) bond motifs is 1. The molecule has 8 amide bonds.